The summed E-state index contributed by atoms with van der Waals surface area (Å²) in [6, 6.07) is 5.45. The molecule has 0 radical (unpaired) electrons. The molecule has 1 aromatic rings. The molecule has 1 aliphatic rings. The van der Waals surface area contributed by atoms with Crippen molar-refractivity contribution in [3.63, 3.8) is 0 Å². The standard InChI is InChI=1S/C15H22FN/c1-3-17-15(9-12-5-4-6-12)14-10-13(16)8-7-11(14)2/h7-8,10,12,15,17H,3-6,9H2,1-2H3. The van der Waals surface area contributed by atoms with E-state index in [9.17, 15) is 4.39 Å². The molecule has 94 valence electrons. The summed E-state index contributed by atoms with van der Waals surface area (Å²) in [5, 5.41) is 3.50. The van der Waals surface area contributed by atoms with Crippen molar-refractivity contribution >= 4 is 0 Å². The highest BCUT2D eigenvalue weighted by atomic mass is 19.1. The van der Waals surface area contributed by atoms with Crippen LogP contribution < -0.4 is 5.32 Å². The fourth-order valence-electron chi connectivity index (χ4n) is 2.62. The molecule has 0 bridgehead atoms. The van der Waals surface area contributed by atoms with E-state index in [2.05, 4.69) is 19.2 Å². The van der Waals surface area contributed by atoms with Gasteiger partial charge in [-0.3, -0.25) is 0 Å². The first-order valence-electron chi connectivity index (χ1n) is 6.70. The van der Waals surface area contributed by atoms with Crippen molar-refractivity contribution in [3.05, 3.63) is 35.1 Å². The van der Waals surface area contributed by atoms with Crippen LogP contribution in [0.1, 0.15) is 49.8 Å². The third-order valence-electron chi connectivity index (χ3n) is 3.86. The molecule has 0 aliphatic heterocycles. The Morgan fingerprint density at radius 3 is 2.76 bits per heavy atom. The van der Waals surface area contributed by atoms with Gasteiger partial charge in [-0.25, -0.2) is 4.39 Å². The van der Waals surface area contributed by atoms with Crippen LogP contribution in [0, 0.1) is 18.7 Å². The number of rotatable bonds is 5. The molecule has 1 aromatic carbocycles. The molecule has 1 saturated carbocycles. The van der Waals surface area contributed by atoms with Crippen LogP contribution in [0.4, 0.5) is 4.39 Å². The smallest absolute Gasteiger partial charge is 0.123 e. The van der Waals surface area contributed by atoms with Crippen molar-refractivity contribution in [2.45, 2.75) is 45.6 Å². The van der Waals surface area contributed by atoms with Crippen LogP contribution >= 0.6 is 0 Å². The van der Waals surface area contributed by atoms with Gasteiger partial charge in [0, 0.05) is 6.04 Å². The third kappa shape index (κ3) is 3.06. The van der Waals surface area contributed by atoms with Crippen LogP contribution in [-0.4, -0.2) is 6.54 Å². The summed E-state index contributed by atoms with van der Waals surface area (Å²) in [6.45, 7) is 5.12. The second-order valence-corrected chi connectivity index (χ2v) is 5.14. The van der Waals surface area contributed by atoms with Crippen LogP contribution in [0.3, 0.4) is 0 Å². The highest BCUT2D eigenvalue weighted by Crippen LogP contribution is 2.35. The average molecular weight is 235 g/mol. The zero-order valence-corrected chi connectivity index (χ0v) is 10.8. The molecule has 1 unspecified atom stereocenters. The monoisotopic (exact) mass is 235 g/mol. The van der Waals surface area contributed by atoms with Gasteiger partial charge in [0.2, 0.25) is 0 Å². The predicted octanol–water partition coefficient (Wildman–Crippen LogP) is 3.97. The number of hydrogen-bond acceptors (Lipinski definition) is 1. The Balaban J connectivity index is 2.14. The lowest BCUT2D eigenvalue weighted by molar-refractivity contribution is 0.262. The molecule has 2 rings (SSSR count). The summed E-state index contributed by atoms with van der Waals surface area (Å²) < 4.78 is 13.4. The number of halogens is 1. The minimum atomic E-state index is -0.123. The highest BCUT2D eigenvalue weighted by Gasteiger charge is 2.23. The van der Waals surface area contributed by atoms with Gasteiger partial charge in [0.25, 0.3) is 0 Å². The number of aryl methyl sites for hydroxylation is 1. The van der Waals surface area contributed by atoms with Crippen molar-refractivity contribution < 1.29 is 4.39 Å². The van der Waals surface area contributed by atoms with Gasteiger partial charge in [0.15, 0.2) is 0 Å². The molecule has 1 fully saturated rings. The van der Waals surface area contributed by atoms with E-state index in [-0.39, 0.29) is 5.82 Å². The van der Waals surface area contributed by atoms with Gasteiger partial charge in [0.05, 0.1) is 0 Å². The summed E-state index contributed by atoms with van der Waals surface area (Å²) in [7, 11) is 0. The van der Waals surface area contributed by atoms with E-state index in [1.165, 1.54) is 24.8 Å². The van der Waals surface area contributed by atoms with Gasteiger partial charge >= 0.3 is 0 Å². The zero-order chi connectivity index (χ0) is 12.3. The molecule has 17 heavy (non-hydrogen) atoms. The Morgan fingerprint density at radius 1 is 1.41 bits per heavy atom. The molecule has 1 nitrogen and oxygen atoms in total. The van der Waals surface area contributed by atoms with Crippen LogP contribution in [0.2, 0.25) is 0 Å². The molecule has 1 atom stereocenters. The molecule has 1 aliphatic carbocycles. The minimum absolute atomic E-state index is 0.123. The predicted molar refractivity (Wildman–Crippen MR) is 69.5 cm³/mol. The van der Waals surface area contributed by atoms with E-state index < -0.39 is 0 Å². The van der Waals surface area contributed by atoms with Gasteiger partial charge in [-0.1, -0.05) is 32.3 Å². The Bertz CT molecular complexity index is 371. The Morgan fingerprint density at radius 2 is 2.18 bits per heavy atom. The average Bonchev–Trinajstić information content (AvgIpc) is 2.25. The number of hydrogen-bond donors (Lipinski definition) is 1. The fourth-order valence-corrected chi connectivity index (χ4v) is 2.62. The van der Waals surface area contributed by atoms with E-state index in [1.54, 1.807) is 12.1 Å². The molecule has 0 aromatic heterocycles. The van der Waals surface area contributed by atoms with Crippen LogP contribution in [-0.2, 0) is 0 Å². The molecule has 2 heteroatoms. The fraction of sp³-hybridized carbons (Fsp3) is 0.600. The van der Waals surface area contributed by atoms with Crippen molar-refractivity contribution in [2.75, 3.05) is 6.54 Å². The van der Waals surface area contributed by atoms with Crippen molar-refractivity contribution in [2.24, 2.45) is 5.92 Å². The van der Waals surface area contributed by atoms with Gasteiger partial charge in [0.1, 0.15) is 5.82 Å². The molecule has 0 heterocycles. The maximum Gasteiger partial charge on any atom is 0.123 e. The van der Waals surface area contributed by atoms with Gasteiger partial charge in [-0.2, -0.15) is 0 Å². The first-order valence-corrected chi connectivity index (χ1v) is 6.70. The largest absolute Gasteiger partial charge is 0.310 e. The van der Waals surface area contributed by atoms with Gasteiger partial charge < -0.3 is 5.32 Å². The molecule has 0 amide bonds. The number of nitrogens with one attached hydrogen (secondary N) is 1. The summed E-state index contributed by atoms with van der Waals surface area (Å²) in [4.78, 5) is 0. The first kappa shape index (κ1) is 12.6. The lowest BCUT2D eigenvalue weighted by Gasteiger charge is -2.31. The molecule has 0 saturated heterocycles. The maximum absolute atomic E-state index is 13.4. The van der Waals surface area contributed by atoms with Gasteiger partial charge in [-0.15, -0.1) is 0 Å². The third-order valence-corrected chi connectivity index (χ3v) is 3.86. The first-order chi connectivity index (χ1) is 8.20. The van der Waals surface area contributed by atoms with E-state index in [1.807, 2.05) is 6.07 Å². The maximum atomic E-state index is 13.4. The summed E-state index contributed by atoms with van der Waals surface area (Å²) >= 11 is 0. The Labute approximate surface area is 103 Å². The van der Waals surface area contributed by atoms with E-state index in [0.29, 0.717) is 6.04 Å². The molecule has 1 N–H and O–H groups in total. The van der Waals surface area contributed by atoms with Crippen LogP contribution in [0.15, 0.2) is 18.2 Å². The molecular weight excluding hydrogens is 213 g/mol. The topological polar surface area (TPSA) is 12.0 Å². The lowest BCUT2D eigenvalue weighted by atomic mass is 9.79. The normalized spacial score (nSPS) is 17.8. The van der Waals surface area contributed by atoms with E-state index in [4.69, 9.17) is 0 Å². The SMILES string of the molecule is CCNC(CC1CCC1)c1cc(F)ccc1C. The Kier molecular flexibility index (Phi) is 4.16. The quantitative estimate of drug-likeness (QED) is 0.814. The van der Waals surface area contributed by atoms with E-state index >= 15 is 0 Å². The summed E-state index contributed by atoms with van der Waals surface area (Å²) in [5.41, 5.74) is 2.33. The summed E-state index contributed by atoms with van der Waals surface area (Å²) in [5.74, 6) is 0.712. The summed E-state index contributed by atoms with van der Waals surface area (Å²) in [6.07, 6.45) is 5.20. The number of benzene rings is 1. The molecular formula is C15H22FN. The minimum Gasteiger partial charge on any atom is -0.310 e. The second kappa shape index (κ2) is 5.63. The van der Waals surface area contributed by atoms with Crippen molar-refractivity contribution in [1.29, 1.82) is 0 Å². The Hall–Kier alpha value is -0.890. The van der Waals surface area contributed by atoms with E-state index in [0.717, 1.165) is 24.4 Å². The van der Waals surface area contributed by atoms with Crippen molar-refractivity contribution in [3.8, 4) is 0 Å². The van der Waals surface area contributed by atoms with Crippen LogP contribution in [0.5, 0.6) is 0 Å². The van der Waals surface area contributed by atoms with Gasteiger partial charge in [-0.05, 0) is 49.1 Å². The highest BCUT2D eigenvalue weighted by molar-refractivity contribution is 5.29. The van der Waals surface area contributed by atoms with Crippen molar-refractivity contribution in [1.82, 2.24) is 5.32 Å². The lowest BCUT2D eigenvalue weighted by Crippen LogP contribution is -2.26. The van der Waals surface area contributed by atoms with Crippen LogP contribution in [0.25, 0.3) is 0 Å². The zero-order valence-electron chi connectivity index (χ0n) is 10.8. The second-order valence-electron chi connectivity index (χ2n) is 5.14. The molecule has 0 spiro atoms.